The molecule has 0 bridgehead atoms. The average Bonchev–Trinajstić information content (AvgIpc) is 2.90. The van der Waals surface area contributed by atoms with E-state index >= 15 is 0 Å². The van der Waals surface area contributed by atoms with E-state index in [-0.39, 0.29) is 5.97 Å². The molecule has 0 saturated heterocycles. The van der Waals surface area contributed by atoms with Gasteiger partial charge in [0.15, 0.2) is 5.82 Å². The van der Waals surface area contributed by atoms with Gasteiger partial charge in [0.1, 0.15) is 5.82 Å². The van der Waals surface area contributed by atoms with Gasteiger partial charge in [-0.2, -0.15) is 0 Å². The van der Waals surface area contributed by atoms with Crippen LogP contribution in [0, 0.1) is 13.8 Å². The zero-order valence-corrected chi connectivity index (χ0v) is 12.4. The predicted octanol–water partition coefficient (Wildman–Crippen LogP) is 1.45. The van der Waals surface area contributed by atoms with Gasteiger partial charge in [0.05, 0.1) is 19.2 Å². The number of carbonyl (C=O) groups is 1. The molecule has 0 spiro atoms. The molecule has 21 heavy (non-hydrogen) atoms. The van der Waals surface area contributed by atoms with Crippen LogP contribution in [0.15, 0.2) is 12.1 Å². The number of rotatable bonds is 2. The lowest BCUT2D eigenvalue weighted by Crippen LogP contribution is -2.28. The Labute approximate surface area is 123 Å². The van der Waals surface area contributed by atoms with Crippen molar-refractivity contribution in [2.45, 2.75) is 26.9 Å². The van der Waals surface area contributed by atoms with Crippen LogP contribution in [0.1, 0.15) is 27.3 Å². The summed E-state index contributed by atoms with van der Waals surface area (Å²) < 4.78 is 6.96. The van der Waals surface area contributed by atoms with Crippen LogP contribution in [0.2, 0.25) is 0 Å². The van der Waals surface area contributed by atoms with Crippen molar-refractivity contribution in [1.29, 1.82) is 0 Å². The van der Waals surface area contributed by atoms with E-state index in [2.05, 4.69) is 20.1 Å². The highest BCUT2D eigenvalue weighted by molar-refractivity contribution is 5.92. The first kappa shape index (κ1) is 13.8. The quantitative estimate of drug-likeness (QED) is 0.846. The zero-order chi connectivity index (χ0) is 15.0. The van der Waals surface area contributed by atoms with E-state index in [1.807, 2.05) is 26.0 Å². The van der Waals surface area contributed by atoms with Crippen molar-refractivity contribution in [3.05, 3.63) is 34.6 Å². The number of hydrogen-bond acceptors (Lipinski definition) is 5. The summed E-state index contributed by atoms with van der Waals surface area (Å²) in [4.78, 5) is 11.9. The van der Waals surface area contributed by atoms with Gasteiger partial charge in [-0.3, -0.25) is 0 Å². The third-order valence-electron chi connectivity index (χ3n) is 3.84. The molecule has 1 aromatic carbocycles. The molecular formula is C15H18N4O2. The largest absolute Gasteiger partial charge is 0.465 e. The van der Waals surface area contributed by atoms with Crippen molar-refractivity contribution < 1.29 is 9.53 Å². The third-order valence-corrected chi connectivity index (χ3v) is 3.84. The second-order valence-electron chi connectivity index (χ2n) is 5.24. The van der Waals surface area contributed by atoms with Crippen LogP contribution in [0.25, 0.3) is 11.4 Å². The second-order valence-corrected chi connectivity index (χ2v) is 5.24. The van der Waals surface area contributed by atoms with Crippen molar-refractivity contribution in [2.75, 3.05) is 13.7 Å². The zero-order valence-electron chi connectivity index (χ0n) is 12.4. The average molecular weight is 286 g/mol. The molecule has 2 aromatic rings. The molecule has 1 aromatic heterocycles. The Kier molecular flexibility index (Phi) is 3.47. The summed E-state index contributed by atoms with van der Waals surface area (Å²) >= 11 is 0. The van der Waals surface area contributed by atoms with E-state index in [1.54, 1.807) is 0 Å². The molecule has 0 amide bonds. The van der Waals surface area contributed by atoms with Crippen LogP contribution in [-0.2, 0) is 17.8 Å². The van der Waals surface area contributed by atoms with Crippen molar-refractivity contribution in [1.82, 2.24) is 20.1 Å². The highest BCUT2D eigenvalue weighted by Crippen LogP contribution is 2.27. The maximum absolute atomic E-state index is 11.9. The Bertz CT molecular complexity index is 706. The van der Waals surface area contributed by atoms with Crippen molar-refractivity contribution in [2.24, 2.45) is 0 Å². The van der Waals surface area contributed by atoms with Gasteiger partial charge >= 0.3 is 5.97 Å². The van der Waals surface area contributed by atoms with Crippen LogP contribution in [0.4, 0.5) is 0 Å². The Morgan fingerprint density at radius 3 is 2.86 bits per heavy atom. The van der Waals surface area contributed by atoms with Crippen molar-refractivity contribution in [3.63, 3.8) is 0 Å². The minimum Gasteiger partial charge on any atom is -0.465 e. The van der Waals surface area contributed by atoms with Crippen molar-refractivity contribution >= 4 is 5.97 Å². The maximum atomic E-state index is 11.9. The Balaban J connectivity index is 2.14. The monoisotopic (exact) mass is 286 g/mol. The van der Waals surface area contributed by atoms with E-state index in [0.717, 1.165) is 48.0 Å². The number of ether oxygens (including phenoxy) is 1. The van der Waals surface area contributed by atoms with E-state index < -0.39 is 0 Å². The lowest BCUT2D eigenvalue weighted by molar-refractivity contribution is 0.0600. The second kappa shape index (κ2) is 5.29. The van der Waals surface area contributed by atoms with Crippen LogP contribution in [0.3, 0.4) is 0 Å². The molecule has 3 rings (SSSR count). The number of benzene rings is 1. The fraction of sp³-hybridized carbons (Fsp3) is 0.400. The summed E-state index contributed by atoms with van der Waals surface area (Å²) in [5, 5.41) is 11.8. The fourth-order valence-corrected chi connectivity index (χ4v) is 2.71. The molecule has 0 fully saturated rings. The molecular weight excluding hydrogens is 268 g/mol. The number of nitrogens with zero attached hydrogens (tertiary/aromatic N) is 3. The van der Waals surface area contributed by atoms with Gasteiger partial charge < -0.3 is 14.6 Å². The molecule has 2 heterocycles. The van der Waals surface area contributed by atoms with E-state index in [0.29, 0.717) is 5.56 Å². The van der Waals surface area contributed by atoms with E-state index in [1.165, 1.54) is 7.11 Å². The summed E-state index contributed by atoms with van der Waals surface area (Å²) in [6.07, 6.45) is 0. The minimum atomic E-state index is -0.325. The summed E-state index contributed by atoms with van der Waals surface area (Å²) in [6.45, 7) is 6.38. The first-order valence-electron chi connectivity index (χ1n) is 6.94. The van der Waals surface area contributed by atoms with Crippen LogP contribution < -0.4 is 5.32 Å². The molecule has 0 atom stereocenters. The van der Waals surface area contributed by atoms with Gasteiger partial charge in [-0.25, -0.2) is 4.79 Å². The molecule has 110 valence electrons. The predicted molar refractivity (Wildman–Crippen MR) is 78.0 cm³/mol. The number of fused-ring (bicyclic) bond motifs is 1. The highest BCUT2D eigenvalue weighted by Gasteiger charge is 2.20. The number of esters is 1. The molecule has 0 saturated carbocycles. The molecule has 1 N–H and O–H groups in total. The Morgan fingerprint density at radius 2 is 2.10 bits per heavy atom. The highest BCUT2D eigenvalue weighted by atomic mass is 16.5. The summed E-state index contributed by atoms with van der Waals surface area (Å²) in [5.74, 6) is 1.42. The molecule has 0 radical (unpaired) electrons. The normalized spacial score (nSPS) is 13.9. The minimum absolute atomic E-state index is 0.325. The standard InChI is InChI=1S/C15H18N4O2/c1-9-6-10(2)12(15(20)21-3)7-11(9)14-18-17-13-8-16-4-5-19(13)14/h6-7,16H,4-5,8H2,1-3H3. The summed E-state index contributed by atoms with van der Waals surface area (Å²) in [5.41, 5.74) is 3.49. The lowest BCUT2D eigenvalue weighted by atomic mass is 9.99. The molecule has 6 nitrogen and oxygen atoms in total. The van der Waals surface area contributed by atoms with Gasteiger partial charge in [0.25, 0.3) is 0 Å². The van der Waals surface area contributed by atoms with Gasteiger partial charge in [-0.1, -0.05) is 6.07 Å². The van der Waals surface area contributed by atoms with Crippen LogP contribution in [0.5, 0.6) is 0 Å². The first-order valence-corrected chi connectivity index (χ1v) is 6.94. The first-order chi connectivity index (χ1) is 10.1. The molecule has 0 unspecified atom stereocenters. The van der Waals surface area contributed by atoms with Gasteiger partial charge in [0, 0.05) is 18.7 Å². The van der Waals surface area contributed by atoms with E-state index in [9.17, 15) is 4.79 Å². The lowest BCUT2D eigenvalue weighted by Gasteiger charge is -2.17. The number of hydrogen-bond donors (Lipinski definition) is 1. The van der Waals surface area contributed by atoms with Gasteiger partial charge in [0.2, 0.25) is 0 Å². The SMILES string of the molecule is COC(=O)c1cc(-c2nnc3n2CCNC3)c(C)cc1C. The number of aromatic nitrogens is 3. The topological polar surface area (TPSA) is 69.0 Å². The molecule has 1 aliphatic rings. The maximum Gasteiger partial charge on any atom is 0.338 e. The van der Waals surface area contributed by atoms with Gasteiger partial charge in [-0.05, 0) is 31.0 Å². The Hall–Kier alpha value is -2.21. The van der Waals surface area contributed by atoms with Crippen LogP contribution in [-0.4, -0.2) is 34.4 Å². The molecule has 0 aliphatic carbocycles. The molecule has 6 heteroatoms. The van der Waals surface area contributed by atoms with Crippen LogP contribution >= 0.6 is 0 Å². The smallest absolute Gasteiger partial charge is 0.338 e. The number of carbonyl (C=O) groups excluding carboxylic acids is 1. The number of aryl methyl sites for hydroxylation is 2. The van der Waals surface area contributed by atoms with Crippen molar-refractivity contribution in [3.8, 4) is 11.4 Å². The molecule has 1 aliphatic heterocycles. The summed E-state index contributed by atoms with van der Waals surface area (Å²) in [6, 6.07) is 3.85. The Morgan fingerprint density at radius 1 is 1.29 bits per heavy atom. The van der Waals surface area contributed by atoms with E-state index in [4.69, 9.17) is 4.74 Å². The number of nitrogens with one attached hydrogen (secondary N) is 1. The fourth-order valence-electron chi connectivity index (χ4n) is 2.71. The third kappa shape index (κ3) is 2.31. The number of methoxy groups -OCH3 is 1. The summed E-state index contributed by atoms with van der Waals surface area (Å²) in [7, 11) is 1.39. The van der Waals surface area contributed by atoms with Gasteiger partial charge in [-0.15, -0.1) is 10.2 Å².